The molecule has 0 atom stereocenters. The number of rotatable bonds is 7. The first-order valence-electron chi connectivity index (χ1n) is 10.1. The SMILES string of the molecule is CNCc1cccc(-c2ccc(Cl)c(C(=O)Nc3cc(C(N)=O)nn3-c3ccccc3)c2)n1. The van der Waals surface area contributed by atoms with Crippen LogP contribution < -0.4 is 16.4 Å². The van der Waals surface area contributed by atoms with Crippen molar-refractivity contribution in [3.05, 3.63) is 94.8 Å². The van der Waals surface area contributed by atoms with Gasteiger partial charge in [-0.1, -0.05) is 41.9 Å². The number of carbonyl (C=O) groups excluding carboxylic acids is 2. The minimum Gasteiger partial charge on any atom is -0.364 e. The fraction of sp³-hybridized carbons (Fsp3) is 0.0833. The van der Waals surface area contributed by atoms with Crippen molar-refractivity contribution in [3.8, 4) is 16.9 Å². The molecule has 2 aromatic carbocycles. The van der Waals surface area contributed by atoms with Gasteiger partial charge in [0.25, 0.3) is 11.8 Å². The Bertz CT molecular complexity index is 1320. The molecule has 0 saturated heterocycles. The van der Waals surface area contributed by atoms with Crippen LogP contribution in [0.5, 0.6) is 0 Å². The summed E-state index contributed by atoms with van der Waals surface area (Å²) in [6, 6.07) is 21.4. The van der Waals surface area contributed by atoms with Crippen LogP contribution >= 0.6 is 11.6 Å². The van der Waals surface area contributed by atoms with Gasteiger partial charge in [0.2, 0.25) is 0 Å². The first-order valence-corrected chi connectivity index (χ1v) is 10.5. The second-order valence-corrected chi connectivity index (χ2v) is 7.63. The standard InChI is InChI=1S/C24H21ClN6O2/c1-27-14-16-6-5-9-20(28-16)15-10-11-19(25)18(12-15)24(33)29-22-13-21(23(26)32)30-31(22)17-7-3-2-4-8-17/h2-13,27H,14H2,1H3,(H2,26,32)(H,29,33). The normalized spacial score (nSPS) is 10.7. The second-order valence-electron chi connectivity index (χ2n) is 7.22. The topological polar surface area (TPSA) is 115 Å². The van der Waals surface area contributed by atoms with Crippen molar-refractivity contribution in [2.24, 2.45) is 5.73 Å². The molecule has 4 aromatic rings. The van der Waals surface area contributed by atoms with E-state index in [2.05, 4.69) is 20.7 Å². The first kappa shape index (κ1) is 22.2. The highest BCUT2D eigenvalue weighted by Gasteiger charge is 2.18. The molecule has 2 heterocycles. The molecule has 0 fully saturated rings. The zero-order chi connectivity index (χ0) is 23.4. The molecule has 4 N–H and O–H groups in total. The number of hydrogen-bond acceptors (Lipinski definition) is 5. The van der Waals surface area contributed by atoms with Gasteiger partial charge in [-0.15, -0.1) is 0 Å². The lowest BCUT2D eigenvalue weighted by atomic mass is 10.1. The van der Waals surface area contributed by atoms with E-state index in [0.29, 0.717) is 12.2 Å². The van der Waals surface area contributed by atoms with Gasteiger partial charge in [-0.25, -0.2) is 4.68 Å². The number of para-hydroxylation sites is 1. The highest BCUT2D eigenvalue weighted by Crippen LogP contribution is 2.26. The van der Waals surface area contributed by atoms with E-state index in [1.807, 2.05) is 49.5 Å². The van der Waals surface area contributed by atoms with E-state index >= 15 is 0 Å². The zero-order valence-electron chi connectivity index (χ0n) is 17.7. The van der Waals surface area contributed by atoms with Gasteiger partial charge in [0.15, 0.2) is 5.69 Å². The maximum Gasteiger partial charge on any atom is 0.269 e. The smallest absolute Gasteiger partial charge is 0.269 e. The number of primary amides is 1. The summed E-state index contributed by atoms with van der Waals surface area (Å²) in [5.74, 6) is -0.871. The Hall–Kier alpha value is -4.01. The summed E-state index contributed by atoms with van der Waals surface area (Å²) in [5, 5.41) is 10.4. The average Bonchev–Trinajstić information content (AvgIpc) is 3.24. The number of nitrogens with zero attached hydrogens (tertiary/aromatic N) is 3. The molecule has 8 nitrogen and oxygen atoms in total. The Morgan fingerprint density at radius 1 is 1.03 bits per heavy atom. The maximum atomic E-state index is 13.2. The van der Waals surface area contributed by atoms with Crippen LogP contribution in [0.2, 0.25) is 5.02 Å². The Labute approximate surface area is 195 Å². The van der Waals surface area contributed by atoms with Crippen molar-refractivity contribution in [1.82, 2.24) is 20.1 Å². The molecule has 4 rings (SSSR count). The lowest BCUT2D eigenvalue weighted by Crippen LogP contribution is -2.16. The van der Waals surface area contributed by atoms with Gasteiger partial charge in [0.1, 0.15) is 5.82 Å². The summed E-state index contributed by atoms with van der Waals surface area (Å²) in [4.78, 5) is 29.5. The number of benzene rings is 2. The highest BCUT2D eigenvalue weighted by atomic mass is 35.5. The lowest BCUT2D eigenvalue weighted by Gasteiger charge is -2.11. The van der Waals surface area contributed by atoms with Gasteiger partial charge >= 0.3 is 0 Å². The van der Waals surface area contributed by atoms with E-state index < -0.39 is 11.8 Å². The molecular weight excluding hydrogens is 440 g/mol. The molecular formula is C24H21ClN6O2. The maximum absolute atomic E-state index is 13.2. The molecule has 0 saturated carbocycles. The van der Waals surface area contributed by atoms with E-state index in [4.69, 9.17) is 17.3 Å². The number of carbonyl (C=O) groups is 2. The largest absolute Gasteiger partial charge is 0.364 e. The molecule has 0 aliphatic heterocycles. The number of nitrogens with one attached hydrogen (secondary N) is 2. The minimum absolute atomic E-state index is 0.0274. The molecule has 0 radical (unpaired) electrons. The Morgan fingerprint density at radius 3 is 2.55 bits per heavy atom. The molecule has 0 unspecified atom stereocenters. The predicted octanol–water partition coefficient (Wildman–Crippen LogP) is 3.66. The van der Waals surface area contributed by atoms with Gasteiger partial charge in [0.05, 0.1) is 27.7 Å². The van der Waals surface area contributed by atoms with Crippen LogP contribution in [0.4, 0.5) is 5.82 Å². The molecule has 0 aliphatic rings. The van der Waals surface area contributed by atoms with Gasteiger partial charge < -0.3 is 16.4 Å². The van der Waals surface area contributed by atoms with Crippen LogP contribution in [0.3, 0.4) is 0 Å². The van der Waals surface area contributed by atoms with Crippen molar-refractivity contribution in [1.29, 1.82) is 0 Å². The van der Waals surface area contributed by atoms with Crippen molar-refractivity contribution in [3.63, 3.8) is 0 Å². The summed E-state index contributed by atoms with van der Waals surface area (Å²) >= 11 is 6.35. The quantitative estimate of drug-likeness (QED) is 0.389. The van der Waals surface area contributed by atoms with Gasteiger partial charge in [-0.05, 0) is 43.4 Å². The fourth-order valence-corrected chi connectivity index (χ4v) is 3.52. The van der Waals surface area contributed by atoms with Crippen LogP contribution in [0, 0.1) is 0 Å². The van der Waals surface area contributed by atoms with Gasteiger partial charge in [-0.3, -0.25) is 14.6 Å². The van der Waals surface area contributed by atoms with Crippen molar-refractivity contribution in [2.75, 3.05) is 12.4 Å². The zero-order valence-corrected chi connectivity index (χ0v) is 18.5. The van der Waals surface area contributed by atoms with Crippen LogP contribution in [0.15, 0.2) is 72.8 Å². The van der Waals surface area contributed by atoms with E-state index in [1.54, 1.807) is 24.3 Å². The summed E-state index contributed by atoms with van der Waals surface area (Å²) in [5.41, 5.74) is 8.69. The molecule has 0 aliphatic carbocycles. The Balaban J connectivity index is 1.68. The average molecular weight is 461 g/mol. The van der Waals surface area contributed by atoms with Crippen molar-refractivity contribution in [2.45, 2.75) is 6.54 Å². The summed E-state index contributed by atoms with van der Waals surface area (Å²) < 4.78 is 1.44. The third kappa shape index (κ3) is 4.92. The predicted molar refractivity (Wildman–Crippen MR) is 127 cm³/mol. The Kier molecular flexibility index (Phi) is 6.48. The van der Waals surface area contributed by atoms with Crippen molar-refractivity contribution >= 4 is 29.2 Å². The highest BCUT2D eigenvalue weighted by molar-refractivity contribution is 6.34. The molecule has 0 spiro atoms. The Morgan fingerprint density at radius 2 is 1.82 bits per heavy atom. The van der Waals surface area contributed by atoms with Crippen LogP contribution in [-0.4, -0.2) is 33.6 Å². The second kappa shape index (κ2) is 9.64. The van der Waals surface area contributed by atoms with Crippen LogP contribution in [0.25, 0.3) is 16.9 Å². The van der Waals surface area contributed by atoms with E-state index in [1.165, 1.54) is 10.7 Å². The van der Waals surface area contributed by atoms with Gasteiger partial charge in [-0.2, -0.15) is 5.10 Å². The first-order chi connectivity index (χ1) is 16.0. The number of aromatic nitrogens is 3. The summed E-state index contributed by atoms with van der Waals surface area (Å²) in [7, 11) is 1.85. The minimum atomic E-state index is -0.701. The van der Waals surface area contributed by atoms with E-state index in [0.717, 1.165) is 17.0 Å². The van der Waals surface area contributed by atoms with Crippen LogP contribution in [0.1, 0.15) is 26.5 Å². The molecule has 2 amide bonds. The molecule has 33 heavy (non-hydrogen) atoms. The number of nitrogens with two attached hydrogens (primary N) is 1. The third-order valence-electron chi connectivity index (χ3n) is 4.88. The number of halogens is 1. The van der Waals surface area contributed by atoms with Crippen LogP contribution in [-0.2, 0) is 6.54 Å². The number of anilines is 1. The fourth-order valence-electron chi connectivity index (χ4n) is 3.32. The summed E-state index contributed by atoms with van der Waals surface area (Å²) in [6.07, 6.45) is 0. The molecule has 2 aromatic heterocycles. The molecule has 166 valence electrons. The third-order valence-corrected chi connectivity index (χ3v) is 5.21. The molecule has 0 bridgehead atoms. The number of pyridine rings is 1. The molecule has 9 heteroatoms. The van der Waals surface area contributed by atoms with Crippen molar-refractivity contribution < 1.29 is 9.59 Å². The van der Waals surface area contributed by atoms with E-state index in [9.17, 15) is 9.59 Å². The number of hydrogen-bond donors (Lipinski definition) is 3. The summed E-state index contributed by atoms with van der Waals surface area (Å²) in [6.45, 7) is 0.625. The van der Waals surface area contributed by atoms with Gasteiger partial charge in [0, 0.05) is 18.2 Å². The number of amides is 2. The van der Waals surface area contributed by atoms with E-state index in [-0.39, 0.29) is 22.1 Å². The lowest BCUT2D eigenvalue weighted by molar-refractivity contribution is 0.0992. The monoisotopic (exact) mass is 460 g/mol.